The zero-order chi connectivity index (χ0) is 27.9. The van der Waals surface area contributed by atoms with Gasteiger partial charge in [-0.1, -0.05) is 115 Å². The van der Waals surface area contributed by atoms with E-state index >= 15 is 0 Å². The summed E-state index contributed by atoms with van der Waals surface area (Å²) in [5, 5.41) is 7.37. The quantitative estimate of drug-likeness (QED) is 0.244. The number of benzene rings is 5. The van der Waals surface area contributed by atoms with Gasteiger partial charge in [-0.3, -0.25) is 4.99 Å². The fraction of sp³-hybridized carbons (Fsp3) is 0.0270. The number of anilines is 2. The first-order valence-electron chi connectivity index (χ1n) is 13.7. The molecule has 6 rings (SSSR count). The van der Waals surface area contributed by atoms with Gasteiger partial charge in [0, 0.05) is 22.7 Å². The highest BCUT2D eigenvalue weighted by molar-refractivity contribution is 6.15. The van der Waals surface area contributed by atoms with Gasteiger partial charge in [-0.05, 0) is 54.5 Å². The van der Waals surface area contributed by atoms with Crippen molar-refractivity contribution >= 4 is 45.6 Å². The second kappa shape index (κ2) is 12.1. The molecule has 5 aromatic rings. The predicted octanol–water partition coefficient (Wildman–Crippen LogP) is 9.52. The zero-order valence-corrected chi connectivity index (χ0v) is 22.8. The highest BCUT2D eigenvalue weighted by atomic mass is 15.0. The number of para-hydroxylation sites is 4. The molecular weight excluding hydrogens is 500 g/mol. The molecule has 0 radical (unpaired) electrons. The van der Waals surface area contributed by atoms with Crippen molar-refractivity contribution in [3.8, 4) is 0 Å². The molecule has 0 saturated heterocycles. The van der Waals surface area contributed by atoms with Gasteiger partial charge in [0.2, 0.25) is 0 Å². The van der Waals surface area contributed by atoms with Crippen molar-refractivity contribution < 1.29 is 0 Å². The Morgan fingerprint density at radius 1 is 0.415 bits per heavy atom. The summed E-state index contributed by atoms with van der Waals surface area (Å²) in [6.07, 6.45) is 4.21. The summed E-state index contributed by atoms with van der Waals surface area (Å²) in [6, 6.07) is 47.2. The maximum atomic E-state index is 5.26. The monoisotopic (exact) mass is 530 g/mol. The van der Waals surface area contributed by atoms with Gasteiger partial charge in [-0.15, -0.1) is 0 Å². The van der Waals surface area contributed by atoms with E-state index < -0.39 is 0 Å². The lowest BCUT2D eigenvalue weighted by Crippen LogP contribution is -2.06. The van der Waals surface area contributed by atoms with Crippen LogP contribution in [0.5, 0.6) is 0 Å². The third-order valence-corrected chi connectivity index (χ3v) is 6.76. The minimum absolute atomic E-state index is 0.837. The molecule has 198 valence electrons. The number of hydrogen-bond acceptors (Lipinski definition) is 4. The van der Waals surface area contributed by atoms with Crippen LogP contribution in [0.2, 0.25) is 0 Å². The summed E-state index contributed by atoms with van der Waals surface area (Å²) in [7, 11) is 0. The Morgan fingerprint density at radius 2 is 0.829 bits per heavy atom. The van der Waals surface area contributed by atoms with Gasteiger partial charge in [-0.2, -0.15) is 0 Å². The van der Waals surface area contributed by atoms with Crippen molar-refractivity contribution in [1.82, 2.24) is 0 Å². The van der Waals surface area contributed by atoms with Crippen LogP contribution < -0.4 is 10.6 Å². The number of allylic oxidation sites excluding steroid dienone is 2. The second-order valence-electron chi connectivity index (χ2n) is 9.75. The smallest absolute Gasteiger partial charge is 0.0871 e. The normalized spacial score (nSPS) is 16.0. The van der Waals surface area contributed by atoms with Crippen LogP contribution in [0.1, 0.15) is 23.6 Å². The average molecular weight is 531 g/mol. The first-order chi connectivity index (χ1) is 20.2. The van der Waals surface area contributed by atoms with Crippen LogP contribution in [0, 0.1) is 0 Å². The summed E-state index contributed by atoms with van der Waals surface area (Å²) in [5.41, 5.74) is 10.2. The molecule has 0 aromatic heterocycles. The van der Waals surface area contributed by atoms with E-state index in [9.17, 15) is 0 Å². The van der Waals surface area contributed by atoms with Crippen LogP contribution in [-0.2, 0) is 0 Å². The summed E-state index contributed by atoms with van der Waals surface area (Å²) in [6.45, 7) is 2.03. The van der Waals surface area contributed by atoms with Crippen molar-refractivity contribution in [3.05, 3.63) is 168 Å². The van der Waals surface area contributed by atoms with Crippen LogP contribution >= 0.6 is 0 Å². The lowest BCUT2D eigenvalue weighted by Gasteiger charge is -2.17. The van der Waals surface area contributed by atoms with Gasteiger partial charge in [0.15, 0.2) is 0 Å². The van der Waals surface area contributed by atoms with Crippen LogP contribution in [0.3, 0.4) is 0 Å². The van der Waals surface area contributed by atoms with Crippen LogP contribution in [0.4, 0.5) is 22.7 Å². The SMILES string of the molecule is CC1=Nc2ccccc2N/C(c2ccccc2)=C\C(c2ccccc2)=Nc2ccccc2N/C(c2ccccc2)=C\1. The molecule has 0 atom stereocenters. The molecule has 2 N–H and O–H groups in total. The Labute approximate surface area is 241 Å². The average Bonchev–Trinajstić information content (AvgIpc) is 3.02. The van der Waals surface area contributed by atoms with Crippen LogP contribution in [0.25, 0.3) is 11.4 Å². The minimum atomic E-state index is 0.837. The maximum Gasteiger partial charge on any atom is 0.0871 e. The van der Waals surface area contributed by atoms with Gasteiger partial charge in [0.1, 0.15) is 0 Å². The molecule has 0 aliphatic carbocycles. The zero-order valence-electron chi connectivity index (χ0n) is 22.8. The third-order valence-electron chi connectivity index (χ3n) is 6.76. The van der Waals surface area contributed by atoms with Gasteiger partial charge in [-0.25, -0.2) is 4.99 Å². The van der Waals surface area contributed by atoms with Crippen molar-refractivity contribution in [3.63, 3.8) is 0 Å². The number of hydrogen-bond donors (Lipinski definition) is 2. The molecule has 4 heteroatoms. The number of nitrogens with zero attached hydrogens (tertiary/aromatic N) is 2. The Balaban J connectivity index is 1.61. The Morgan fingerprint density at radius 3 is 1.37 bits per heavy atom. The van der Waals surface area contributed by atoms with E-state index in [1.807, 2.05) is 97.9 Å². The first-order valence-corrected chi connectivity index (χ1v) is 13.7. The number of nitrogens with one attached hydrogen (secondary N) is 2. The predicted molar refractivity (Wildman–Crippen MR) is 174 cm³/mol. The van der Waals surface area contributed by atoms with E-state index in [2.05, 4.69) is 71.3 Å². The molecule has 1 aliphatic heterocycles. The van der Waals surface area contributed by atoms with E-state index in [4.69, 9.17) is 9.98 Å². The molecule has 1 heterocycles. The molecule has 0 saturated carbocycles. The molecule has 0 fully saturated rings. The van der Waals surface area contributed by atoms with Crippen molar-refractivity contribution in [2.45, 2.75) is 6.92 Å². The molecule has 5 aromatic carbocycles. The second-order valence-corrected chi connectivity index (χ2v) is 9.75. The summed E-state index contributed by atoms with van der Waals surface area (Å²) < 4.78 is 0. The Bertz CT molecular complexity index is 1770. The van der Waals surface area contributed by atoms with E-state index in [0.717, 1.165) is 62.3 Å². The van der Waals surface area contributed by atoms with Crippen LogP contribution in [-0.4, -0.2) is 11.4 Å². The van der Waals surface area contributed by atoms with E-state index in [-0.39, 0.29) is 0 Å². The molecule has 1 aliphatic rings. The van der Waals surface area contributed by atoms with Crippen molar-refractivity contribution in [1.29, 1.82) is 0 Å². The molecule has 0 spiro atoms. The fourth-order valence-corrected chi connectivity index (χ4v) is 4.75. The van der Waals surface area contributed by atoms with Crippen molar-refractivity contribution in [2.75, 3.05) is 10.6 Å². The summed E-state index contributed by atoms with van der Waals surface area (Å²) in [5.74, 6) is 0. The van der Waals surface area contributed by atoms with E-state index in [0.29, 0.717) is 0 Å². The minimum Gasteiger partial charge on any atom is -0.353 e. The van der Waals surface area contributed by atoms with Gasteiger partial charge < -0.3 is 10.6 Å². The highest BCUT2D eigenvalue weighted by Gasteiger charge is 2.13. The number of aliphatic imine (C=N–C) groups is 2. The van der Waals surface area contributed by atoms with Crippen LogP contribution in [0.15, 0.2) is 162 Å². The molecule has 0 unspecified atom stereocenters. The fourth-order valence-electron chi connectivity index (χ4n) is 4.75. The number of rotatable bonds is 3. The first kappa shape index (κ1) is 25.8. The van der Waals surface area contributed by atoms with Gasteiger partial charge >= 0.3 is 0 Å². The van der Waals surface area contributed by atoms with Gasteiger partial charge in [0.25, 0.3) is 0 Å². The Kier molecular flexibility index (Phi) is 7.63. The molecule has 41 heavy (non-hydrogen) atoms. The lowest BCUT2D eigenvalue weighted by atomic mass is 10.0. The molecule has 0 amide bonds. The summed E-state index contributed by atoms with van der Waals surface area (Å²) in [4.78, 5) is 10.3. The topological polar surface area (TPSA) is 48.8 Å². The van der Waals surface area contributed by atoms with Gasteiger partial charge in [0.05, 0.1) is 28.5 Å². The maximum absolute atomic E-state index is 5.26. The Hall–Kier alpha value is -5.48. The molecular formula is C37H30N4. The molecule has 4 nitrogen and oxygen atoms in total. The summed E-state index contributed by atoms with van der Waals surface area (Å²) >= 11 is 0. The highest BCUT2D eigenvalue weighted by Crippen LogP contribution is 2.32. The lowest BCUT2D eigenvalue weighted by molar-refractivity contribution is 1.44. The number of fused-ring (bicyclic) bond motifs is 2. The third kappa shape index (κ3) is 6.23. The standard InChI is InChI=1S/C37H30N4/c1-27-25-35(28-15-5-2-6-16-28)39-33-23-13-14-24-34(33)41-37(30-19-9-4-10-20-30)26-36(29-17-7-3-8-18-29)40-32-22-12-11-21-31(32)38-27/h2-26,39-40H,1H3/b35-25-,36-26-,38-27?,41-37?. The van der Waals surface area contributed by atoms with E-state index in [1.54, 1.807) is 0 Å². The molecule has 0 bridgehead atoms. The largest absolute Gasteiger partial charge is 0.353 e. The van der Waals surface area contributed by atoms with Crippen molar-refractivity contribution in [2.24, 2.45) is 9.98 Å². The van der Waals surface area contributed by atoms with E-state index in [1.165, 1.54) is 0 Å².